The number of nitrogens with zero attached hydrogens (tertiary/aromatic N) is 4. The van der Waals surface area contributed by atoms with Crippen LogP contribution in [-0.2, 0) is 0 Å². The molecule has 4 nitrogen and oxygen atoms in total. The Morgan fingerprint density at radius 2 is 0.673 bits per heavy atom. The lowest BCUT2D eigenvalue weighted by molar-refractivity contribution is 1.13. The van der Waals surface area contributed by atoms with Gasteiger partial charge in [-0.1, -0.05) is 133 Å². The molecule has 0 unspecified atom stereocenters. The molecule has 0 radical (unpaired) electrons. The van der Waals surface area contributed by atoms with Crippen LogP contribution >= 0.6 is 0 Å². The van der Waals surface area contributed by atoms with Crippen molar-refractivity contribution in [1.29, 1.82) is 10.5 Å². The number of nitriles is 2. The van der Waals surface area contributed by atoms with Crippen molar-refractivity contribution >= 4 is 86.7 Å². The monoisotopic (exact) mass is 658 g/mol. The number of aromatic nitrogens is 2. The molecule has 52 heavy (non-hydrogen) atoms. The number of para-hydroxylation sites is 2. The molecule has 0 aliphatic heterocycles. The zero-order valence-electron chi connectivity index (χ0n) is 27.8. The van der Waals surface area contributed by atoms with Gasteiger partial charge in [-0.2, -0.15) is 10.5 Å². The van der Waals surface area contributed by atoms with Crippen LogP contribution in [0.4, 0.5) is 0 Å². The molecule has 0 N–H and O–H groups in total. The van der Waals surface area contributed by atoms with Crippen molar-refractivity contribution in [2.24, 2.45) is 0 Å². The van der Waals surface area contributed by atoms with E-state index in [-0.39, 0.29) is 0 Å². The smallest absolute Gasteiger partial charge is 0.101 e. The number of benzene rings is 9. The standard InChI is InChI=1S/C48H26N4/c49-27-29-25-31(51-42-23-11-9-21-40(42)44-36-17-5-1-13-32(36)34-15-3-7-19-38(34)47(44)51)26-30(28-50)46(29)52-43-24-12-10-22-41(43)45-37-18-6-2-14-33(37)35-16-4-8-20-39(35)48(45)52/h1-26H. The quantitative estimate of drug-likeness (QED) is 0.174. The van der Waals surface area contributed by atoms with Crippen molar-refractivity contribution in [2.75, 3.05) is 0 Å². The molecule has 0 atom stereocenters. The molecule has 0 spiro atoms. The molecule has 0 fully saturated rings. The molecular weight excluding hydrogens is 633 g/mol. The molecule has 11 aromatic rings. The van der Waals surface area contributed by atoms with E-state index in [4.69, 9.17) is 0 Å². The Balaban J connectivity index is 1.31. The fourth-order valence-corrected chi connectivity index (χ4v) is 8.92. The zero-order chi connectivity index (χ0) is 34.5. The summed E-state index contributed by atoms with van der Waals surface area (Å²) in [6, 6.07) is 59.9. The van der Waals surface area contributed by atoms with Gasteiger partial charge in [-0.25, -0.2) is 0 Å². The van der Waals surface area contributed by atoms with E-state index in [1.54, 1.807) is 0 Å². The summed E-state index contributed by atoms with van der Waals surface area (Å²) in [7, 11) is 0. The van der Waals surface area contributed by atoms with Crippen molar-refractivity contribution < 1.29 is 0 Å². The summed E-state index contributed by atoms with van der Waals surface area (Å²) in [6.07, 6.45) is 0. The van der Waals surface area contributed by atoms with Crippen LogP contribution in [0.2, 0.25) is 0 Å². The van der Waals surface area contributed by atoms with Gasteiger partial charge in [0.1, 0.15) is 12.1 Å². The molecular formula is C48H26N4. The number of hydrogen-bond donors (Lipinski definition) is 0. The van der Waals surface area contributed by atoms with Crippen molar-refractivity contribution in [1.82, 2.24) is 9.13 Å². The molecule has 2 heterocycles. The highest BCUT2D eigenvalue weighted by molar-refractivity contribution is 6.33. The van der Waals surface area contributed by atoms with Crippen molar-refractivity contribution in [2.45, 2.75) is 0 Å². The fourth-order valence-electron chi connectivity index (χ4n) is 8.92. The lowest BCUT2D eigenvalue weighted by Gasteiger charge is -2.17. The third-order valence-electron chi connectivity index (χ3n) is 10.9. The summed E-state index contributed by atoms with van der Waals surface area (Å²) in [5, 5.41) is 35.8. The summed E-state index contributed by atoms with van der Waals surface area (Å²) < 4.78 is 4.41. The molecule has 4 heteroatoms. The Bertz CT molecular complexity index is 3400. The van der Waals surface area contributed by atoms with Crippen LogP contribution in [0, 0.1) is 22.7 Å². The molecule has 2 aromatic heterocycles. The number of rotatable bonds is 2. The van der Waals surface area contributed by atoms with Gasteiger partial charge < -0.3 is 9.13 Å². The highest BCUT2D eigenvalue weighted by atomic mass is 15.0. The van der Waals surface area contributed by atoms with Crippen LogP contribution in [0.3, 0.4) is 0 Å². The molecule has 0 saturated heterocycles. The fraction of sp³-hybridized carbons (Fsp3) is 0. The lowest BCUT2D eigenvalue weighted by Crippen LogP contribution is -2.05. The second-order valence-electron chi connectivity index (χ2n) is 13.4. The van der Waals surface area contributed by atoms with E-state index >= 15 is 0 Å². The average molecular weight is 659 g/mol. The topological polar surface area (TPSA) is 57.4 Å². The van der Waals surface area contributed by atoms with Gasteiger partial charge in [0.25, 0.3) is 0 Å². The Morgan fingerprint density at radius 1 is 0.346 bits per heavy atom. The molecule has 0 aliphatic carbocycles. The van der Waals surface area contributed by atoms with E-state index in [1.807, 2.05) is 18.2 Å². The largest absolute Gasteiger partial charge is 0.309 e. The van der Waals surface area contributed by atoms with E-state index < -0.39 is 0 Å². The van der Waals surface area contributed by atoms with Gasteiger partial charge in [0, 0.05) is 38.0 Å². The first kappa shape index (κ1) is 28.4. The average Bonchev–Trinajstić information content (AvgIpc) is 3.75. The Morgan fingerprint density at radius 3 is 1.12 bits per heavy atom. The van der Waals surface area contributed by atoms with Crippen molar-refractivity contribution in [3.05, 3.63) is 169 Å². The predicted molar refractivity (Wildman–Crippen MR) is 215 cm³/mol. The minimum Gasteiger partial charge on any atom is -0.309 e. The first-order valence-corrected chi connectivity index (χ1v) is 17.4. The summed E-state index contributed by atoms with van der Waals surface area (Å²) in [4.78, 5) is 0. The second kappa shape index (κ2) is 10.6. The number of hydrogen-bond acceptors (Lipinski definition) is 2. The first-order valence-electron chi connectivity index (χ1n) is 17.4. The van der Waals surface area contributed by atoms with Gasteiger partial charge in [0.05, 0.1) is 38.9 Å². The van der Waals surface area contributed by atoms with Crippen LogP contribution < -0.4 is 0 Å². The maximum atomic E-state index is 11.0. The van der Waals surface area contributed by atoms with Gasteiger partial charge >= 0.3 is 0 Å². The summed E-state index contributed by atoms with van der Waals surface area (Å²) in [5.74, 6) is 0. The first-order chi connectivity index (χ1) is 25.8. The predicted octanol–water partition coefficient (Wildman–Crippen LogP) is 12.2. The van der Waals surface area contributed by atoms with Gasteiger partial charge in [-0.3, -0.25) is 0 Å². The highest BCUT2D eigenvalue weighted by Gasteiger charge is 2.25. The summed E-state index contributed by atoms with van der Waals surface area (Å²) in [6.45, 7) is 0. The van der Waals surface area contributed by atoms with Crippen molar-refractivity contribution in [3.8, 4) is 23.5 Å². The van der Waals surface area contributed by atoms with Crippen LogP contribution in [0.1, 0.15) is 11.1 Å². The molecule has 0 aliphatic rings. The lowest BCUT2D eigenvalue weighted by atomic mass is 9.96. The third kappa shape index (κ3) is 3.63. The summed E-state index contributed by atoms with van der Waals surface area (Å²) in [5.41, 5.74) is 6.27. The van der Waals surface area contributed by atoms with Gasteiger partial charge in [0.2, 0.25) is 0 Å². The van der Waals surface area contributed by atoms with Gasteiger partial charge in [-0.15, -0.1) is 0 Å². The molecule has 9 aromatic carbocycles. The molecule has 238 valence electrons. The van der Waals surface area contributed by atoms with Crippen LogP contribution in [0.5, 0.6) is 0 Å². The Kier molecular flexibility index (Phi) is 5.77. The van der Waals surface area contributed by atoms with E-state index in [9.17, 15) is 10.5 Å². The SMILES string of the molecule is N#Cc1cc(-n2c3ccccc3c3c4ccccc4c4ccccc4c32)cc(C#N)c1-n1c2ccccc2c2c3ccccc3c3ccccc3c21. The van der Waals surface area contributed by atoms with Crippen molar-refractivity contribution in [3.63, 3.8) is 0 Å². The van der Waals surface area contributed by atoms with Crippen LogP contribution in [-0.4, -0.2) is 9.13 Å². The van der Waals surface area contributed by atoms with Gasteiger partial charge in [-0.05, 0) is 56.6 Å². The number of fused-ring (bicyclic) bond motifs is 16. The summed E-state index contributed by atoms with van der Waals surface area (Å²) >= 11 is 0. The Hall–Kier alpha value is -7.40. The highest BCUT2D eigenvalue weighted by Crippen LogP contribution is 2.45. The molecule has 0 bridgehead atoms. The normalized spacial score (nSPS) is 11.8. The maximum absolute atomic E-state index is 11.0. The molecule has 0 amide bonds. The molecule has 0 saturated carbocycles. The maximum Gasteiger partial charge on any atom is 0.101 e. The van der Waals surface area contributed by atoms with E-state index in [0.717, 1.165) is 76.2 Å². The third-order valence-corrected chi connectivity index (χ3v) is 10.9. The van der Waals surface area contributed by atoms with E-state index in [1.165, 1.54) is 16.2 Å². The minimum atomic E-state index is 0.435. The zero-order valence-corrected chi connectivity index (χ0v) is 27.8. The van der Waals surface area contributed by atoms with Gasteiger partial charge in [0.15, 0.2) is 0 Å². The minimum absolute atomic E-state index is 0.435. The second-order valence-corrected chi connectivity index (χ2v) is 13.4. The van der Waals surface area contributed by atoms with Crippen LogP contribution in [0.25, 0.3) is 98.1 Å². The van der Waals surface area contributed by atoms with E-state index in [0.29, 0.717) is 16.8 Å². The van der Waals surface area contributed by atoms with Crippen LogP contribution in [0.15, 0.2) is 158 Å². The van der Waals surface area contributed by atoms with E-state index in [2.05, 4.69) is 161 Å². The Labute approximate surface area is 297 Å². The molecule has 11 rings (SSSR count).